The Bertz CT molecular complexity index is 428. The predicted molar refractivity (Wildman–Crippen MR) is 67.0 cm³/mol. The number of benzene rings is 1. The van der Waals surface area contributed by atoms with E-state index in [4.69, 9.17) is 5.11 Å². The van der Waals surface area contributed by atoms with Gasteiger partial charge in [0.15, 0.2) is 0 Å². The number of rotatable bonds is 5. The van der Waals surface area contributed by atoms with Gasteiger partial charge in [0.2, 0.25) is 0 Å². The minimum atomic E-state index is -1.02. The fourth-order valence-corrected chi connectivity index (χ4v) is 2.47. The van der Waals surface area contributed by atoms with E-state index in [-0.39, 0.29) is 11.4 Å². The topological polar surface area (TPSA) is 49.3 Å². The molecule has 98 valence electrons. The summed E-state index contributed by atoms with van der Waals surface area (Å²) in [5.74, 6) is -0.679. The van der Waals surface area contributed by atoms with E-state index in [0.29, 0.717) is 18.0 Å². The zero-order valence-electron chi connectivity index (χ0n) is 10.3. The maximum Gasteiger partial charge on any atom is 0.335 e. The van der Waals surface area contributed by atoms with Gasteiger partial charge < -0.3 is 10.4 Å². The number of hydrogen-bond donors (Lipinski definition) is 2. The smallest absolute Gasteiger partial charge is 0.335 e. The third-order valence-corrected chi connectivity index (χ3v) is 3.52. The van der Waals surface area contributed by atoms with Crippen LogP contribution in [0, 0.1) is 11.7 Å². The number of carboxylic acid groups (broad SMARTS) is 1. The summed E-state index contributed by atoms with van der Waals surface area (Å²) in [5.41, 5.74) is 0.557. The Morgan fingerprint density at radius 3 is 2.78 bits per heavy atom. The van der Waals surface area contributed by atoms with Crippen LogP contribution in [0.2, 0.25) is 0 Å². The molecule has 1 aliphatic rings. The molecule has 0 aromatic heterocycles. The van der Waals surface area contributed by atoms with Crippen LogP contribution in [0.4, 0.5) is 4.39 Å². The molecule has 0 saturated heterocycles. The molecule has 0 unspecified atom stereocenters. The molecule has 1 saturated carbocycles. The molecule has 4 heteroatoms. The minimum absolute atomic E-state index is 0.133. The van der Waals surface area contributed by atoms with Gasteiger partial charge in [0, 0.05) is 12.1 Å². The normalized spacial score (nSPS) is 16.1. The van der Waals surface area contributed by atoms with E-state index in [2.05, 4.69) is 5.32 Å². The van der Waals surface area contributed by atoms with Gasteiger partial charge in [-0.2, -0.15) is 0 Å². The first-order chi connectivity index (χ1) is 8.66. The average Bonchev–Trinajstić information content (AvgIpc) is 2.84. The van der Waals surface area contributed by atoms with Crippen molar-refractivity contribution in [2.24, 2.45) is 5.92 Å². The molecule has 18 heavy (non-hydrogen) atoms. The summed E-state index contributed by atoms with van der Waals surface area (Å²) in [4.78, 5) is 10.8. The molecule has 0 amide bonds. The van der Waals surface area contributed by atoms with Crippen molar-refractivity contribution in [3.05, 3.63) is 35.1 Å². The van der Waals surface area contributed by atoms with Crippen LogP contribution in [0.15, 0.2) is 18.2 Å². The minimum Gasteiger partial charge on any atom is -0.478 e. The highest BCUT2D eigenvalue weighted by Gasteiger charge is 2.14. The summed E-state index contributed by atoms with van der Waals surface area (Å²) in [6, 6.07) is 3.91. The molecular formula is C14H18FNO2. The van der Waals surface area contributed by atoms with Crippen LogP contribution in [0.3, 0.4) is 0 Å². The van der Waals surface area contributed by atoms with Crippen LogP contribution in [-0.2, 0) is 6.54 Å². The highest BCUT2D eigenvalue weighted by Crippen LogP contribution is 2.23. The van der Waals surface area contributed by atoms with Gasteiger partial charge in [-0.15, -0.1) is 0 Å². The lowest BCUT2D eigenvalue weighted by atomic mass is 10.1. The molecule has 0 spiro atoms. The van der Waals surface area contributed by atoms with Gasteiger partial charge in [-0.05, 0) is 43.5 Å². The summed E-state index contributed by atoms with van der Waals surface area (Å²) in [5, 5.41) is 12.1. The van der Waals surface area contributed by atoms with Gasteiger partial charge in [0.25, 0.3) is 0 Å². The van der Waals surface area contributed by atoms with E-state index in [1.54, 1.807) is 0 Å². The van der Waals surface area contributed by atoms with Crippen LogP contribution < -0.4 is 5.32 Å². The lowest BCUT2D eigenvalue weighted by Crippen LogP contribution is -2.21. The van der Waals surface area contributed by atoms with Gasteiger partial charge in [-0.25, -0.2) is 9.18 Å². The first kappa shape index (κ1) is 13.0. The van der Waals surface area contributed by atoms with Crippen molar-refractivity contribution in [2.45, 2.75) is 32.2 Å². The van der Waals surface area contributed by atoms with Crippen molar-refractivity contribution in [1.82, 2.24) is 5.32 Å². The predicted octanol–water partition coefficient (Wildman–Crippen LogP) is 2.80. The van der Waals surface area contributed by atoms with E-state index >= 15 is 0 Å². The summed E-state index contributed by atoms with van der Waals surface area (Å²) in [6.45, 7) is 1.28. The SMILES string of the molecule is O=C(O)c1ccc(F)c(CNCC2CCCC2)c1. The molecule has 1 aromatic carbocycles. The number of halogens is 1. The Kier molecular flexibility index (Phi) is 4.31. The Hall–Kier alpha value is -1.42. The second kappa shape index (κ2) is 5.96. The standard InChI is InChI=1S/C14H18FNO2/c15-13-6-5-11(14(17)18)7-12(13)9-16-8-10-3-1-2-4-10/h5-7,10,16H,1-4,8-9H2,(H,17,18). The zero-order valence-corrected chi connectivity index (χ0v) is 10.3. The van der Waals surface area contributed by atoms with Crippen molar-refractivity contribution < 1.29 is 14.3 Å². The Morgan fingerprint density at radius 2 is 2.11 bits per heavy atom. The van der Waals surface area contributed by atoms with Crippen LogP contribution in [0.1, 0.15) is 41.6 Å². The number of carboxylic acids is 1. The van der Waals surface area contributed by atoms with E-state index in [9.17, 15) is 9.18 Å². The first-order valence-electron chi connectivity index (χ1n) is 6.39. The summed E-state index contributed by atoms with van der Waals surface area (Å²) in [6.07, 6.45) is 5.06. The molecule has 1 aromatic rings. The lowest BCUT2D eigenvalue weighted by molar-refractivity contribution is 0.0696. The molecule has 0 bridgehead atoms. The van der Waals surface area contributed by atoms with E-state index in [1.165, 1.54) is 43.9 Å². The van der Waals surface area contributed by atoms with Crippen molar-refractivity contribution in [2.75, 3.05) is 6.54 Å². The number of aromatic carboxylic acids is 1. The molecule has 3 nitrogen and oxygen atoms in total. The second-order valence-corrected chi connectivity index (χ2v) is 4.89. The average molecular weight is 251 g/mol. The first-order valence-corrected chi connectivity index (χ1v) is 6.39. The van der Waals surface area contributed by atoms with Gasteiger partial charge in [0.05, 0.1) is 5.56 Å². The van der Waals surface area contributed by atoms with Gasteiger partial charge in [0.1, 0.15) is 5.82 Å². The Morgan fingerprint density at radius 1 is 1.39 bits per heavy atom. The largest absolute Gasteiger partial charge is 0.478 e. The molecule has 0 radical (unpaired) electrons. The summed E-state index contributed by atoms with van der Waals surface area (Å²) >= 11 is 0. The van der Waals surface area contributed by atoms with Crippen molar-refractivity contribution >= 4 is 5.97 Å². The molecule has 0 atom stereocenters. The van der Waals surface area contributed by atoms with Crippen LogP contribution in [0.25, 0.3) is 0 Å². The van der Waals surface area contributed by atoms with Crippen LogP contribution in [-0.4, -0.2) is 17.6 Å². The van der Waals surface area contributed by atoms with Crippen molar-refractivity contribution in [3.63, 3.8) is 0 Å². The molecule has 1 aliphatic carbocycles. The second-order valence-electron chi connectivity index (χ2n) is 4.89. The zero-order chi connectivity index (χ0) is 13.0. The quantitative estimate of drug-likeness (QED) is 0.846. The molecule has 1 fully saturated rings. The molecule has 2 N–H and O–H groups in total. The van der Waals surface area contributed by atoms with E-state index in [0.717, 1.165) is 6.54 Å². The van der Waals surface area contributed by atoms with E-state index in [1.807, 2.05) is 0 Å². The van der Waals surface area contributed by atoms with Crippen LogP contribution >= 0.6 is 0 Å². The number of carbonyl (C=O) groups is 1. The third-order valence-electron chi connectivity index (χ3n) is 3.52. The van der Waals surface area contributed by atoms with Gasteiger partial charge in [-0.1, -0.05) is 12.8 Å². The number of nitrogens with one attached hydrogen (secondary N) is 1. The highest BCUT2D eigenvalue weighted by atomic mass is 19.1. The molecule has 2 rings (SSSR count). The Labute approximate surface area is 106 Å². The van der Waals surface area contributed by atoms with Gasteiger partial charge >= 0.3 is 5.97 Å². The lowest BCUT2D eigenvalue weighted by Gasteiger charge is -2.11. The van der Waals surface area contributed by atoms with Crippen LogP contribution in [0.5, 0.6) is 0 Å². The number of hydrogen-bond acceptors (Lipinski definition) is 2. The monoisotopic (exact) mass is 251 g/mol. The molecular weight excluding hydrogens is 233 g/mol. The van der Waals surface area contributed by atoms with E-state index < -0.39 is 5.97 Å². The Balaban J connectivity index is 1.91. The maximum atomic E-state index is 13.5. The summed E-state index contributed by atoms with van der Waals surface area (Å²) < 4.78 is 13.5. The highest BCUT2D eigenvalue weighted by molar-refractivity contribution is 5.87. The third kappa shape index (κ3) is 3.29. The molecule has 0 heterocycles. The van der Waals surface area contributed by atoms with Crippen molar-refractivity contribution in [3.8, 4) is 0 Å². The fourth-order valence-electron chi connectivity index (χ4n) is 2.47. The molecule has 0 aliphatic heterocycles. The maximum absolute atomic E-state index is 13.5. The summed E-state index contributed by atoms with van der Waals surface area (Å²) in [7, 11) is 0. The van der Waals surface area contributed by atoms with Gasteiger partial charge in [-0.3, -0.25) is 0 Å². The fraction of sp³-hybridized carbons (Fsp3) is 0.500. The van der Waals surface area contributed by atoms with Crippen molar-refractivity contribution in [1.29, 1.82) is 0 Å².